The van der Waals surface area contributed by atoms with Crippen molar-refractivity contribution in [3.63, 3.8) is 0 Å². The van der Waals surface area contributed by atoms with E-state index in [9.17, 15) is 4.79 Å². The number of ketones is 1. The molecule has 0 radical (unpaired) electrons. The number of hydrogen-bond acceptors (Lipinski definition) is 2. The summed E-state index contributed by atoms with van der Waals surface area (Å²) in [5.74, 6) is 0.0222. The van der Waals surface area contributed by atoms with Gasteiger partial charge < -0.3 is 0 Å². The maximum atomic E-state index is 11.8. The van der Waals surface area contributed by atoms with Gasteiger partial charge in [-0.1, -0.05) is 43.0 Å². The SMILES string of the molecule is C=Cc1ccc(C(=O)C=Cc2cccs2)cc1. The zero-order valence-corrected chi connectivity index (χ0v) is 10.1. The van der Waals surface area contributed by atoms with Gasteiger partial charge in [0.2, 0.25) is 0 Å². The molecule has 17 heavy (non-hydrogen) atoms. The first-order valence-electron chi connectivity index (χ1n) is 5.28. The summed E-state index contributed by atoms with van der Waals surface area (Å²) in [6.45, 7) is 3.68. The van der Waals surface area contributed by atoms with Gasteiger partial charge in [0.15, 0.2) is 5.78 Å². The molecule has 1 heterocycles. The molecule has 0 aliphatic carbocycles. The van der Waals surface area contributed by atoms with Gasteiger partial charge in [-0.05, 0) is 29.2 Å². The van der Waals surface area contributed by atoms with E-state index in [4.69, 9.17) is 0 Å². The fourth-order valence-electron chi connectivity index (χ4n) is 1.42. The maximum absolute atomic E-state index is 11.8. The van der Waals surface area contributed by atoms with E-state index in [0.717, 1.165) is 10.4 Å². The molecule has 0 amide bonds. The minimum absolute atomic E-state index is 0.0222. The van der Waals surface area contributed by atoms with Gasteiger partial charge in [0.1, 0.15) is 0 Å². The van der Waals surface area contributed by atoms with Crippen LogP contribution in [-0.4, -0.2) is 5.78 Å². The third-order valence-corrected chi connectivity index (χ3v) is 3.21. The summed E-state index contributed by atoms with van der Waals surface area (Å²) < 4.78 is 0. The lowest BCUT2D eigenvalue weighted by Crippen LogP contribution is -1.93. The van der Waals surface area contributed by atoms with Crippen LogP contribution in [0.15, 0.2) is 54.4 Å². The third-order valence-electron chi connectivity index (χ3n) is 2.37. The first-order valence-corrected chi connectivity index (χ1v) is 6.16. The van der Waals surface area contributed by atoms with Gasteiger partial charge in [-0.3, -0.25) is 4.79 Å². The average molecular weight is 240 g/mol. The predicted molar refractivity (Wildman–Crippen MR) is 74.2 cm³/mol. The van der Waals surface area contributed by atoms with Crippen molar-refractivity contribution in [3.05, 3.63) is 70.4 Å². The van der Waals surface area contributed by atoms with E-state index in [1.807, 2.05) is 47.9 Å². The summed E-state index contributed by atoms with van der Waals surface area (Å²) in [4.78, 5) is 12.9. The van der Waals surface area contributed by atoms with Crippen molar-refractivity contribution in [2.75, 3.05) is 0 Å². The zero-order valence-electron chi connectivity index (χ0n) is 9.30. The summed E-state index contributed by atoms with van der Waals surface area (Å²) in [5.41, 5.74) is 1.71. The highest BCUT2D eigenvalue weighted by atomic mass is 32.1. The van der Waals surface area contributed by atoms with Crippen LogP contribution in [0.2, 0.25) is 0 Å². The van der Waals surface area contributed by atoms with Crippen molar-refractivity contribution < 1.29 is 4.79 Å². The molecule has 0 bridgehead atoms. The van der Waals surface area contributed by atoms with E-state index >= 15 is 0 Å². The molecule has 0 saturated carbocycles. The molecule has 0 N–H and O–H groups in total. The predicted octanol–water partition coefficient (Wildman–Crippen LogP) is 4.29. The summed E-state index contributed by atoms with van der Waals surface area (Å²) >= 11 is 1.61. The van der Waals surface area contributed by atoms with Gasteiger partial charge in [0, 0.05) is 10.4 Å². The highest BCUT2D eigenvalue weighted by Gasteiger charge is 2.00. The van der Waals surface area contributed by atoms with E-state index in [0.29, 0.717) is 5.56 Å². The molecule has 84 valence electrons. The highest BCUT2D eigenvalue weighted by molar-refractivity contribution is 7.10. The lowest BCUT2D eigenvalue weighted by molar-refractivity contribution is 0.104. The molecule has 0 aliphatic rings. The molecule has 2 aromatic rings. The number of carbonyl (C=O) groups is 1. The third kappa shape index (κ3) is 3.02. The summed E-state index contributed by atoms with van der Waals surface area (Å²) in [6.07, 6.45) is 5.21. The molecule has 0 spiro atoms. The zero-order chi connectivity index (χ0) is 12.1. The number of carbonyl (C=O) groups excluding carboxylic acids is 1. The first kappa shape index (κ1) is 11.6. The number of thiophene rings is 1. The Balaban J connectivity index is 2.11. The Morgan fingerprint density at radius 2 is 1.94 bits per heavy atom. The average Bonchev–Trinajstić information content (AvgIpc) is 2.89. The van der Waals surface area contributed by atoms with Gasteiger partial charge in [0.05, 0.1) is 0 Å². The van der Waals surface area contributed by atoms with E-state index in [2.05, 4.69) is 6.58 Å². The topological polar surface area (TPSA) is 17.1 Å². The second-order valence-corrected chi connectivity index (χ2v) is 4.52. The van der Waals surface area contributed by atoms with Crippen LogP contribution < -0.4 is 0 Å². The molecule has 2 rings (SSSR count). The van der Waals surface area contributed by atoms with Crippen LogP contribution in [0, 0.1) is 0 Å². The standard InChI is InChI=1S/C15H12OS/c1-2-12-5-7-13(8-6-12)15(16)10-9-14-4-3-11-17-14/h2-11H,1H2. The molecule has 0 fully saturated rings. The van der Waals surface area contributed by atoms with Gasteiger partial charge >= 0.3 is 0 Å². The van der Waals surface area contributed by atoms with Crippen LogP contribution in [0.4, 0.5) is 0 Å². The summed E-state index contributed by atoms with van der Waals surface area (Å²) in [6, 6.07) is 11.4. The van der Waals surface area contributed by atoms with E-state index in [-0.39, 0.29) is 5.78 Å². The Morgan fingerprint density at radius 1 is 1.18 bits per heavy atom. The normalized spacial score (nSPS) is 10.6. The van der Waals surface area contributed by atoms with Crippen molar-refractivity contribution in [1.29, 1.82) is 0 Å². The molecule has 0 saturated heterocycles. The Morgan fingerprint density at radius 3 is 2.53 bits per heavy atom. The van der Waals surface area contributed by atoms with E-state index < -0.39 is 0 Å². The Bertz CT molecular complexity index is 533. The number of hydrogen-bond donors (Lipinski definition) is 0. The van der Waals surface area contributed by atoms with Gasteiger partial charge in [-0.2, -0.15) is 0 Å². The summed E-state index contributed by atoms with van der Waals surface area (Å²) in [7, 11) is 0. The first-order chi connectivity index (χ1) is 8.29. The Hall–Kier alpha value is -1.93. The van der Waals surface area contributed by atoms with Crippen molar-refractivity contribution in [2.45, 2.75) is 0 Å². The van der Waals surface area contributed by atoms with Crippen molar-refractivity contribution in [3.8, 4) is 0 Å². The molecule has 1 aromatic heterocycles. The quantitative estimate of drug-likeness (QED) is 0.575. The van der Waals surface area contributed by atoms with Crippen LogP contribution in [0.1, 0.15) is 20.8 Å². The minimum atomic E-state index is 0.0222. The Labute approximate surface area is 105 Å². The summed E-state index contributed by atoms with van der Waals surface area (Å²) in [5, 5.41) is 1.99. The van der Waals surface area contributed by atoms with Crippen LogP contribution >= 0.6 is 11.3 Å². The second-order valence-electron chi connectivity index (χ2n) is 3.54. The molecule has 1 aromatic carbocycles. The van der Waals surface area contributed by atoms with Crippen LogP contribution in [-0.2, 0) is 0 Å². The van der Waals surface area contributed by atoms with Gasteiger partial charge in [0.25, 0.3) is 0 Å². The molecule has 2 heteroatoms. The van der Waals surface area contributed by atoms with Crippen LogP contribution in [0.5, 0.6) is 0 Å². The van der Waals surface area contributed by atoms with Crippen LogP contribution in [0.3, 0.4) is 0 Å². The largest absolute Gasteiger partial charge is 0.289 e. The van der Waals surface area contributed by atoms with Crippen LogP contribution in [0.25, 0.3) is 12.2 Å². The maximum Gasteiger partial charge on any atom is 0.185 e. The lowest BCUT2D eigenvalue weighted by atomic mass is 10.1. The molecular formula is C15H12OS. The van der Waals surface area contributed by atoms with Crippen molar-refractivity contribution in [2.24, 2.45) is 0 Å². The number of rotatable bonds is 4. The molecule has 0 unspecified atom stereocenters. The van der Waals surface area contributed by atoms with E-state index in [1.165, 1.54) is 0 Å². The van der Waals surface area contributed by atoms with Gasteiger partial charge in [-0.25, -0.2) is 0 Å². The molecular weight excluding hydrogens is 228 g/mol. The molecule has 0 atom stereocenters. The lowest BCUT2D eigenvalue weighted by Gasteiger charge is -1.96. The number of allylic oxidation sites excluding steroid dienone is 1. The molecule has 0 aliphatic heterocycles. The van der Waals surface area contributed by atoms with Gasteiger partial charge in [-0.15, -0.1) is 11.3 Å². The smallest absolute Gasteiger partial charge is 0.185 e. The van der Waals surface area contributed by atoms with Crippen molar-refractivity contribution in [1.82, 2.24) is 0 Å². The minimum Gasteiger partial charge on any atom is -0.289 e. The molecule has 1 nitrogen and oxygen atoms in total. The highest BCUT2D eigenvalue weighted by Crippen LogP contribution is 2.12. The fraction of sp³-hybridized carbons (Fsp3) is 0. The van der Waals surface area contributed by atoms with Crippen molar-refractivity contribution >= 4 is 29.3 Å². The fourth-order valence-corrected chi connectivity index (χ4v) is 2.04. The number of benzene rings is 1. The Kier molecular flexibility index (Phi) is 3.68. The monoisotopic (exact) mass is 240 g/mol. The van der Waals surface area contributed by atoms with E-state index in [1.54, 1.807) is 23.5 Å². The second kappa shape index (κ2) is 5.41.